The van der Waals surface area contributed by atoms with Crippen LogP contribution in [0.3, 0.4) is 0 Å². The summed E-state index contributed by atoms with van der Waals surface area (Å²) in [5.74, 6) is 1.51. The van der Waals surface area contributed by atoms with Gasteiger partial charge in [-0.05, 0) is 72.9 Å². The molecule has 0 saturated heterocycles. The average Bonchev–Trinajstić information content (AvgIpc) is 3.14. The van der Waals surface area contributed by atoms with Crippen molar-refractivity contribution in [3.63, 3.8) is 0 Å². The molecule has 2 aliphatic rings. The van der Waals surface area contributed by atoms with Gasteiger partial charge < -0.3 is 0 Å². The van der Waals surface area contributed by atoms with Gasteiger partial charge in [-0.2, -0.15) is 0 Å². The van der Waals surface area contributed by atoms with Crippen molar-refractivity contribution in [2.75, 3.05) is 0 Å². The van der Waals surface area contributed by atoms with E-state index in [1.165, 1.54) is 82.6 Å². The molecule has 0 amide bonds. The fourth-order valence-electron chi connectivity index (χ4n) is 5.05. The molecule has 1 heteroatoms. The summed E-state index contributed by atoms with van der Waals surface area (Å²) < 4.78 is 0. The normalized spacial score (nSPS) is 20.5. The molecule has 1 nitrogen and oxygen atoms in total. The van der Waals surface area contributed by atoms with Gasteiger partial charge in [-0.3, -0.25) is 4.98 Å². The minimum atomic E-state index is 0.755. The minimum absolute atomic E-state index is 0.755. The number of hydrogen-bond donors (Lipinski definition) is 0. The lowest BCUT2D eigenvalue weighted by atomic mass is 9.84. The molecule has 1 heterocycles. The number of nitrogens with zero attached hydrogens (tertiary/aromatic N) is 1. The Balaban J connectivity index is 1.71. The third kappa shape index (κ3) is 4.37. The maximum atomic E-state index is 4.66. The van der Waals surface area contributed by atoms with Crippen molar-refractivity contribution < 1.29 is 0 Å². The first-order valence-electron chi connectivity index (χ1n) is 11.0. The molecule has 2 fully saturated rings. The van der Waals surface area contributed by atoms with Gasteiger partial charge in [0, 0.05) is 11.8 Å². The van der Waals surface area contributed by atoms with Crippen molar-refractivity contribution in [2.45, 2.75) is 88.9 Å². The predicted molar refractivity (Wildman–Crippen MR) is 111 cm³/mol. The van der Waals surface area contributed by atoms with Crippen LogP contribution < -0.4 is 0 Å². The lowest BCUT2D eigenvalue weighted by Gasteiger charge is -2.21. The van der Waals surface area contributed by atoms with E-state index in [0.29, 0.717) is 0 Å². The van der Waals surface area contributed by atoms with E-state index in [1.54, 1.807) is 11.1 Å². The largest absolute Gasteiger partial charge is 0.256 e. The van der Waals surface area contributed by atoms with Gasteiger partial charge in [0.15, 0.2) is 0 Å². The Hall–Kier alpha value is -1.63. The van der Waals surface area contributed by atoms with Crippen LogP contribution in [0.1, 0.15) is 100 Å². The topological polar surface area (TPSA) is 12.9 Å². The maximum Gasteiger partial charge on any atom is 0.0702 e. The van der Waals surface area contributed by atoms with Crippen LogP contribution in [0.25, 0.3) is 11.3 Å². The van der Waals surface area contributed by atoms with Gasteiger partial charge in [-0.1, -0.05) is 63.5 Å². The second-order valence-corrected chi connectivity index (χ2v) is 8.48. The number of hydrogen-bond acceptors (Lipinski definition) is 1. The molecule has 0 bridgehead atoms. The van der Waals surface area contributed by atoms with Crippen molar-refractivity contribution in [2.24, 2.45) is 0 Å². The molecule has 138 valence electrons. The maximum absolute atomic E-state index is 4.66. The van der Waals surface area contributed by atoms with Gasteiger partial charge >= 0.3 is 0 Å². The summed E-state index contributed by atoms with van der Waals surface area (Å²) in [4.78, 5) is 4.66. The number of aromatic nitrogens is 1. The van der Waals surface area contributed by atoms with Crippen LogP contribution in [0.2, 0.25) is 0 Å². The van der Waals surface area contributed by atoms with E-state index in [4.69, 9.17) is 0 Å². The smallest absolute Gasteiger partial charge is 0.0702 e. The fraction of sp³-hybridized carbons (Fsp3) is 0.560. The van der Waals surface area contributed by atoms with Crippen LogP contribution in [0, 0.1) is 0 Å². The molecule has 4 rings (SSSR count). The van der Waals surface area contributed by atoms with Crippen LogP contribution >= 0.6 is 0 Å². The molecule has 0 N–H and O–H groups in total. The van der Waals surface area contributed by atoms with Crippen molar-refractivity contribution in [1.29, 1.82) is 0 Å². The van der Waals surface area contributed by atoms with Crippen LogP contribution in [0.5, 0.6) is 0 Å². The number of rotatable bonds is 3. The van der Waals surface area contributed by atoms with Crippen LogP contribution in [-0.4, -0.2) is 4.98 Å². The summed E-state index contributed by atoms with van der Waals surface area (Å²) in [5.41, 5.74) is 5.66. The van der Waals surface area contributed by atoms with Gasteiger partial charge in [0.25, 0.3) is 0 Å². The van der Waals surface area contributed by atoms with E-state index in [9.17, 15) is 0 Å². The highest BCUT2D eigenvalue weighted by molar-refractivity contribution is 5.62. The van der Waals surface area contributed by atoms with Crippen LogP contribution in [-0.2, 0) is 0 Å². The molecule has 0 aliphatic heterocycles. The van der Waals surface area contributed by atoms with Crippen molar-refractivity contribution in [3.05, 3.63) is 53.7 Å². The summed E-state index contributed by atoms with van der Waals surface area (Å²) in [5, 5.41) is 0. The Bertz CT molecular complexity index is 636. The van der Waals surface area contributed by atoms with Crippen molar-refractivity contribution >= 4 is 0 Å². The first-order chi connectivity index (χ1) is 12.9. The highest BCUT2D eigenvalue weighted by Gasteiger charge is 2.20. The summed E-state index contributed by atoms with van der Waals surface area (Å²) in [6.07, 6.45) is 18.7. The van der Waals surface area contributed by atoms with Gasteiger partial charge in [0.2, 0.25) is 0 Å². The molecule has 1 aromatic carbocycles. The summed E-state index contributed by atoms with van der Waals surface area (Å²) in [7, 11) is 0. The summed E-state index contributed by atoms with van der Waals surface area (Å²) in [6.45, 7) is 0. The predicted octanol–water partition coefficient (Wildman–Crippen LogP) is 7.62. The molecule has 0 spiro atoms. The van der Waals surface area contributed by atoms with Gasteiger partial charge in [0.1, 0.15) is 0 Å². The van der Waals surface area contributed by atoms with E-state index in [-0.39, 0.29) is 0 Å². The molecule has 2 aliphatic carbocycles. The van der Waals surface area contributed by atoms with Crippen LogP contribution in [0.4, 0.5) is 0 Å². The molecule has 0 radical (unpaired) electrons. The summed E-state index contributed by atoms with van der Waals surface area (Å²) in [6, 6.07) is 13.8. The van der Waals surface area contributed by atoms with Gasteiger partial charge in [-0.25, -0.2) is 0 Å². The lowest BCUT2D eigenvalue weighted by Crippen LogP contribution is -2.03. The van der Waals surface area contributed by atoms with E-state index < -0.39 is 0 Å². The van der Waals surface area contributed by atoms with Crippen molar-refractivity contribution in [3.8, 4) is 11.3 Å². The van der Waals surface area contributed by atoms with E-state index in [2.05, 4.69) is 35.3 Å². The molecular formula is C25H33N. The van der Waals surface area contributed by atoms with E-state index >= 15 is 0 Å². The van der Waals surface area contributed by atoms with Gasteiger partial charge in [0.05, 0.1) is 5.69 Å². The number of benzene rings is 1. The molecule has 1 aromatic heterocycles. The molecule has 0 unspecified atom stereocenters. The van der Waals surface area contributed by atoms with Crippen LogP contribution in [0.15, 0.2) is 42.6 Å². The van der Waals surface area contributed by atoms with Crippen molar-refractivity contribution in [1.82, 2.24) is 4.98 Å². The summed E-state index contributed by atoms with van der Waals surface area (Å²) >= 11 is 0. The first-order valence-corrected chi connectivity index (χ1v) is 11.0. The number of pyridine rings is 1. The first kappa shape index (κ1) is 17.8. The Kier molecular flexibility index (Phi) is 6.04. The second kappa shape index (κ2) is 8.84. The molecule has 26 heavy (non-hydrogen) atoms. The Labute approximate surface area is 159 Å². The Morgan fingerprint density at radius 3 is 1.62 bits per heavy atom. The zero-order chi connectivity index (χ0) is 17.6. The third-order valence-corrected chi connectivity index (χ3v) is 6.59. The van der Waals surface area contributed by atoms with E-state index in [1.807, 2.05) is 12.3 Å². The molecule has 2 saturated carbocycles. The van der Waals surface area contributed by atoms with Gasteiger partial charge in [-0.15, -0.1) is 0 Å². The minimum Gasteiger partial charge on any atom is -0.256 e. The molecular weight excluding hydrogens is 314 g/mol. The average molecular weight is 348 g/mol. The fourth-order valence-corrected chi connectivity index (χ4v) is 5.05. The lowest BCUT2D eigenvalue weighted by molar-refractivity contribution is 0.577. The Morgan fingerprint density at radius 1 is 0.615 bits per heavy atom. The molecule has 2 aromatic rings. The standard InChI is InChI=1S/C25H33N/c1-2-6-12-20(11-5-1)22-17-23(21-13-7-3-4-8-14-21)19-24(18-22)25-15-9-10-16-26-25/h9-10,15-21H,1-8,11-14H2. The third-order valence-electron chi connectivity index (χ3n) is 6.59. The van der Waals surface area contributed by atoms with E-state index in [0.717, 1.165) is 17.5 Å². The zero-order valence-electron chi connectivity index (χ0n) is 16.1. The molecule has 0 atom stereocenters. The SMILES string of the molecule is c1ccc(-c2cc(C3CCCCCC3)cc(C3CCCCCC3)c2)nc1. The highest BCUT2D eigenvalue weighted by Crippen LogP contribution is 2.38. The zero-order valence-corrected chi connectivity index (χ0v) is 16.1. The Morgan fingerprint density at radius 2 is 1.15 bits per heavy atom. The monoisotopic (exact) mass is 347 g/mol. The highest BCUT2D eigenvalue weighted by atomic mass is 14.7. The quantitative estimate of drug-likeness (QED) is 0.520. The second-order valence-electron chi connectivity index (χ2n) is 8.48.